The number of hydrogen-bond donors (Lipinski definition) is 2. The van der Waals surface area contributed by atoms with E-state index in [4.69, 9.17) is 4.74 Å². The third-order valence-corrected chi connectivity index (χ3v) is 17.4. The molecule has 0 aromatic heterocycles. The molecule has 0 amide bonds. The molecule has 0 aliphatic heterocycles. The fourth-order valence-corrected chi connectivity index (χ4v) is 13.9. The molecule has 4 fully saturated rings. The second-order valence-electron chi connectivity index (χ2n) is 21.9. The number of ketones is 1. The first kappa shape index (κ1) is 44.0. The van der Waals surface area contributed by atoms with Crippen molar-refractivity contribution in [1.82, 2.24) is 9.80 Å². The maximum absolute atomic E-state index is 14.3. The number of carboxylic acids is 1. The number of ether oxygens (including phenoxy) is 1. The molecule has 5 aliphatic carbocycles. The molecule has 5 aliphatic rings. The van der Waals surface area contributed by atoms with Crippen LogP contribution in [0.15, 0.2) is 41.5 Å². The predicted octanol–water partition coefficient (Wildman–Crippen LogP) is 8.85. The zero-order valence-corrected chi connectivity index (χ0v) is 37.4. The van der Waals surface area contributed by atoms with Gasteiger partial charge in [-0.05, 0) is 137 Å². The number of aliphatic hydroxyl groups is 1. The summed E-state index contributed by atoms with van der Waals surface area (Å²) in [5, 5.41) is 22.3. The molecule has 6 rings (SSSR count). The zero-order valence-electron chi connectivity index (χ0n) is 37.4. The van der Waals surface area contributed by atoms with Gasteiger partial charge in [-0.15, -0.1) is 0 Å². The normalized spacial score (nSPS) is 35.5. The number of carboxylic acid groups (broad SMARTS) is 1. The summed E-state index contributed by atoms with van der Waals surface area (Å²) in [6.07, 6.45) is 8.26. The average Bonchev–Trinajstić information content (AvgIpc) is 3.44. The Bertz CT molecular complexity index is 1700. The first-order valence-electron chi connectivity index (χ1n) is 22.3. The van der Waals surface area contributed by atoms with Crippen molar-refractivity contribution >= 4 is 17.7 Å². The molecule has 8 heteroatoms. The van der Waals surface area contributed by atoms with Gasteiger partial charge in [0.25, 0.3) is 0 Å². The van der Waals surface area contributed by atoms with Crippen molar-refractivity contribution in [3.05, 3.63) is 47.0 Å². The van der Waals surface area contributed by atoms with Crippen LogP contribution in [0.5, 0.6) is 0 Å². The standard InChI is InChI=1S/C49H76N2O6/c1-32(2)41-35(52)29-49(38(53)31-51(28-27-50(10)11)26-21-33-15-13-12-14-16-33)25-24-47(8)34(42(41)49)17-18-37-46(7)22-20-39(57-40(54)30-44(3,4)43(55)56)45(5,6)36(46)19-23-48(37,47)9/h12-16,32,34,36-39,53H,17-31H2,1-11H3,(H,55,56)/t34-,36+,37-,38+,39?,46+,47-,48-,49+/m1/s1. The van der Waals surface area contributed by atoms with Crippen molar-refractivity contribution in [1.29, 1.82) is 0 Å². The molecule has 0 radical (unpaired) electrons. The van der Waals surface area contributed by atoms with Gasteiger partial charge in [0.1, 0.15) is 6.10 Å². The quantitative estimate of drug-likeness (QED) is 0.180. The highest BCUT2D eigenvalue weighted by Gasteiger charge is 2.71. The summed E-state index contributed by atoms with van der Waals surface area (Å²) in [6, 6.07) is 10.6. The van der Waals surface area contributed by atoms with Gasteiger partial charge in [0, 0.05) is 43.4 Å². The molecule has 0 heterocycles. The zero-order chi connectivity index (χ0) is 41.9. The van der Waals surface area contributed by atoms with Gasteiger partial charge in [-0.1, -0.05) is 84.4 Å². The fraction of sp³-hybridized carbons (Fsp3) is 0.776. The maximum Gasteiger partial charge on any atom is 0.309 e. The van der Waals surface area contributed by atoms with Crippen LogP contribution in [0.25, 0.3) is 0 Å². The number of likely N-dealkylation sites (N-methyl/N-ethyl adjacent to an activating group) is 1. The summed E-state index contributed by atoms with van der Waals surface area (Å²) >= 11 is 0. The number of allylic oxidation sites excluding steroid dienone is 1. The number of carbonyl (C=O) groups is 3. The highest BCUT2D eigenvalue weighted by atomic mass is 16.5. The van der Waals surface area contributed by atoms with E-state index in [9.17, 15) is 24.6 Å². The lowest BCUT2D eigenvalue weighted by Gasteiger charge is -2.72. The molecule has 9 atom stereocenters. The highest BCUT2D eigenvalue weighted by molar-refractivity contribution is 6.00. The van der Waals surface area contributed by atoms with Crippen LogP contribution < -0.4 is 0 Å². The third kappa shape index (κ3) is 7.60. The minimum Gasteiger partial charge on any atom is -0.481 e. The van der Waals surface area contributed by atoms with Gasteiger partial charge in [0.05, 0.1) is 17.9 Å². The minimum atomic E-state index is -1.17. The number of Topliss-reactive ketones (excluding diaryl/α,β-unsaturated/α-hetero) is 1. The van der Waals surface area contributed by atoms with E-state index in [1.807, 2.05) is 0 Å². The summed E-state index contributed by atoms with van der Waals surface area (Å²) in [5.74, 6) is 0.0937. The number of rotatable bonds is 14. The molecule has 57 heavy (non-hydrogen) atoms. The van der Waals surface area contributed by atoms with Crippen LogP contribution in [0.2, 0.25) is 0 Å². The van der Waals surface area contributed by atoms with E-state index in [-0.39, 0.29) is 51.8 Å². The number of fused-ring (bicyclic) bond motifs is 7. The van der Waals surface area contributed by atoms with Gasteiger partial charge >= 0.3 is 11.9 Å². The average molecular weight is 789 g/mol. The molecule has 318 valence electrons. The van der Waals surface area contributed by atoms with Gasteiger partial charge in [-0.2, -0.15) is 0 Å². The maximum atomic E-state index is 14.3. The topological polar surface area (TPSA) is 107 Å². The minimum absolute atomic E-state index is 0.0129. The van der Waals surface area contributed by atoms with Crippen molar-refractivity contribution in [3.63, 3.8) is 0 Å². The molecular formula is C49H76N2O6. The lowest BCUT2D eigenvalue weighted by Crippen LogP contribution is -2.66. The molecule has 2 N–H and O–H groups in total. The van der Waals surface area contributed by atoms with Crippen LogP contribution in [-0.2, 0) is 25.5 Å². The second-order valence-corrected chi connectivity index (χ2v) is 21.9. The van der Waals surface area contributed by atoms with E-state index < -0.39 is 28.9 Å². The van der Waals surface area contributed by atoms with Crippen LogP contribution in [-0.4, -0.2) is 90.2 Å². The summed E-state index contributed by atoms with van der Waals surface area (Å²) < 4.78 is 6.20. The summed E-state index contributed by atoms with van der Waals surface area (Å²) in [7, 11) is 4.21. The molecule has 0 spiro atoms. The van der Waals surface area contributed by atoms with E-state index in [1.165, 1.54) is 11.1 Å². The molecule has 0 saturated heterocycles. The lowest BCUT2D eigenvalue weighted by atomic mass is 9.33. The lowest BCUT2D eigenvalue weighted by molar-refractivity contribution is -0.235. The van der Waals surface area contributed by atoms with Crippen LogP contribution in [0, 0.1) is 56.2 Å². The number of hydrogen-bond acceptors (Lipinski definition) is 7. The Morgan fingerprint density at radius 1 is 0.877 bits per heavy atom. The number of carbonyl (C=O) groups excluding carboxylic acids is 2. The van der Waals surface area contributed by atoms with Crippen molar-refractivity contribution in [3.8, 4) is 0 Å². The molecule has 1 unspecified atom stereocenters. The fourth-order valence-electron chi connectivity index (χ4n) is 13.9. The molecule has 0 bridgehead atoms. The van der Waals surface area contributed by atoms with E-state index in [2.05, 4.69) is 103 Å². The van der Waals surface area contributed by atoms with Crippen molar-refractivity contribution < 1.29 is 29.3 Å². The Labute approximate surface area is 344 Å². The Morgan fingerprint density at radius 3 is 2.19 bits per heavy atom. The van der Waals surface area contributed by atoms with Crippen LogP contribution in [0.1, 0.15) is 132 Å². The van der Waals surface area contributed by atoms with Crippen LogP contribution >= 0.6 is 0 Å². The van der Waals surface area contributed by atoms with Crippen molar-refractivity contribution in [2.24, 2.45) is 56.2 Å². The first-order chi connectivity index (χ1) is 26.5. The van der Waals surface area contributed by atoms with Gasteiger partial charge < -0.3 is 19.8 Å². The molecule has 4 saturated carbocycles. The summed E-state index contributed by atoms with van der Waals surface area (Å²) in [5.41, 5.74) is 1.82. The van der Waals surface area contributed by atoms with Crippen molar-refractivity contribution in [2.45, 2.75) is 145 Å². The second kappa shape index (κ2) is 15.8. The number of esters is 1. The third-order valence-electron chi connectivity index (χ3n) is 17.4. The number of aliphatic hydroxyl groups excluding tert-OH is 1. The van der Waals surface area contributed by atoms with Gasteiger partial charge in [-0.3, -0.25) is 19.3 Å². The van der Waals surface area contributed by atoms with E-state index in [0.29, 0.717) is 24.8 Å². The van der Waals surface area contributed by atoms with Gasteiger partial charge in [-0.25, -0.2) is 0 Å². The monoisotopic (exact) mass is 789 g/mol. The number of nitrogens with zero attached hydrogens (tertiary/aromatic N) is 2. The summed E-state index contributed by atoms with van der Waals surface area (Å²) in [6.45, 7) is 23.0. The van der Waals surface area contributed by atoms with Crippen LogP contribution in [0.4, 0.5) is 0 Å². The first-order valence-corrected chi connectivity index (χ1v) is 22.3. The Hall–Kier alpha value is -2.55. The molecular weight excluding hydrogens is 713 g/mol. The SMILES string of the molecule is CC(C)C1=C2[C@H]3CC[C@@H]4[C@@]5(C)CCC(OC(=O)CC(C)(C)C(=O)O)C(C)(C)[C@@H]5CC[C@@]4(C)[C@]3(C)CC[C@@]2([C@@H](O)CN(CCc2ccccc2)CCN(C)C)CC1=O. The summed E-state index contributed by atoms with van der Waals surface area (Å²) in [4.78, 5) is 43.9. The van der Waals surface area contributed by atoms with E-state index >= 15 is 0 Å². The van der Waals surface area contributed by atoms with E-state index in [1.54, 1.807) is 13.8 Å². The molecule has 1 aromatic carbocycles. The van der Waals surface area contributed by atoms with Crippen LogP contribution in [0.3, 0.4) is 0 Å². The Morgan fingerprint density at radius 2 is 1.56 bits per heavy atom. The van der Waals surface area contributed by atoms with Crippen molar-refractivity contribution in [2.75, 3.05) is 40.3 Å². The largest absolute Gasteiger partial charge is 0.481 e. The number of benzene rings is 1. The Balaban J connectivity index is 1.27. The predicted molar refractivity (Wildman–Crippen MR) is 226 cm³/mol. The molecule has 1 aromatic rings. The highest BCUT2D eigenvalue weighted by Crippen LogP contribution is 2.77. The van der Waals surface area contributed by atoms with E-state index in [0.717, 1.165) is 83.0 Å². The van der Waals surface area contributed by atoms with Gasteiger partial charge in [0.2, 0.25) is 0 Å². The Kier molecular flexibility index (Phi) is 12.2. The number of aliphatic carboxylic acids is 1. The molecule has 8 nitrogen and oxygen atoms in total. The smallest absolute Gasteiger partial charge is 0.309 e. The van der Waals surface area contributed by atoms with Gasteiger partial charge in [0.15, 0.2) is 5.78 Å².